The van der Waals surface area contributed by atoms with Crippen LogP contribution in [0.5, 0.6) is 0 Å². The van der Waals surface area contributed by atoms with Gasteiger partial charge in [-0.25, -0.2) is 0 Å². The second kappa shape index (κ2) is 5.74. The second-order valence-corrected chi connectivity index (χ2v) is 6.67. The Balaban J connectivity index is 1.80. The Hall–Kier alpha value is -1.69. The van der Waals surface area contributed by atoms with Crippen molar-refractivity contribution in [2.24, 2.45) is 11.1 Å². The maximum absolute atomic E-state index is 11.1. The highest BCUT2D eigenvalue weighted by Crippen LogP contribution is 2.38. The van der Waals surface area contributed by atoms with Gasteiger partial charge < -0.3 is 10.3 Å². The molecule has 23 heavy (non-hydrogen) atoms. The minimum Gasteiger partial charge on any atom is -0.411 e. The minimum absolute atomic E-state index is 0.265. The van der Waals surface area contributed by atoms with E-state index < -0.39 is 6.10 Å². The van der Waals surface area contributed by atoms with Gasteiger partial charge in [0.1, 0.15) is 6.10 Å². The molecule has 4 heterocycles. The van der Waals surface area contributed by atoms with E-state index in [0.29, 0.717) is 16.3 Å². The first kappa shape index (κ1) is 14.9. The van der Waals surface area contributed by atoms with Crippen LogP contribution in [0.25, 0.3) is 10.9 Å². The first-order valence-electron chi connectivity index (χ1n) is 7.88. The van der Waals surface area contributed by atoms with Gasteiger partial charge in [-0.3, -0.25) is 9.88 Å². The molecule has 2 bridgehead atoms. The quantitative estimate of drug-likeness (QED) is 0.656. The molecule has 2 unspecified atom stereocenters. The van der Waals surface area contributed by atoms with Gasteiger partial charge in [0.25, 0.3) is 0 Å². The van der Waals surface area contributed by atoms with E-state index in [1.165, 1.54) is 0 Å². The van der Waals surface area contributed by atoms with E-state index in [9.17, 15) is 10.3 Å². The van der Waals surface area contributed by atoms with Crippen LogP contribution in [0.3, 0.4) is 0 Å². The number of halogens is 1. The number of fused-ring (bicyclic) bond motifs is 4. The van der Waals surface area contributed by atoms with Gasteiger partial charge >= 0.3 is 0 Å². The number of rotatable bonds is 2. The molecule has 3 fully saturated rings. The molecule has 6 heteroatoms. The van der Waals surface area contributed by atoms with Crippen molar-refractivity contribution in [1.29, 1.82) is 0 Å². The number of aliphatic hydroxyl groups excluding tert-OH is 1. The van der Waals surface area contributed by atoms with Crippen molar-refractivity contribution >= 4 is 28.2 Å². The Kier molecular flexibility index (Phi) is 3.71. The summed E-state index contributed by atoms with van der Waals surface area (Å²) >= 11 is 6.22. The van der Waals surface area contributed by atoms with Crippen LogP contribution in [-0.2, 0) is 0 Å². The summed E-state index contributed by atoms with van der Waals surface area (Å²) in [5.74, 6) is 0.265. The molecule has 5 nitrogen and oxygen atoms in total. The summed E-state index contributed by atoms with van der Waals surface area (Å²) in [6.07, 6.45) is 2.88. The van der Waals surface area contributed by atoms with Crippen molar-refractivity contribution < 1.29 is 10.3 Å². The molecule has 0 aliphatic carbocycles. The third-order valence-electron chi connectivity index (χ3n) is 5.13. The van der Waals surface area contributed by atoms with Crippen molar-refractivity contribution in [3.05, 3.63) is 41.0 Å². The highest BCUT2D eigenvalue weighted by Gasteiger charge is 2.44. The molecule has 0 saturated carbocycles. The molecule has 0 spiro atoms. The molecule has 120 valence electrons. The number of aromatic nitrogens is 1. The molecule has 1 aromatic carbocycles. The molecule has 5 rings (SSSR count). The van der Waals surface area contributed by atoms with E-state index in [1.807, 2.05) is 18.2 Å². The summed E-state index contributed by atoms with van der Waals surface area (Å²) in [5, 5.41) is 25.4. The number of aliphatic hydroxyl groups is 1. The average molecular weight is 332 g/mol. The number of oxime groups is 1. The van der Waals surface area contributed by atoms with E-state index in [1.54, 1.807) is 12.3 Å². The zero-order valence-electron chi connectivity index (χ0n) is 12.6. The van der Waals surface area contributed by atoms with Gasteiger partial charge in [-0.15, -0.1) is 0 Å². The van der Waals surface area contributed by atoms with Crippen LogP contribution >= 0.6 is 11.6 Å². The number of para-hydroxylation sites is 1. The van der Waals surface area contributed by atoms with Crippen molar-refractivity contribution in [1.82, 2.24) is 9.88 Å². The summed E-state index contributed by atoms with van der Waals surface area (Å²) in [5.41, 5.74) is 2.15. The Bertz CT molecular complexity index is 772. The number of nitrogens with zero attached hydrogens (tertiary/aromatic N) is 3. The Labute approximate surface area is 139 Å². The molecule has 2 aromatic rings. The third kappa shape index (κ3) is 2.31. The lowest BCUT2D eigenvalue weighted by atomic mass is 9.78. The summed E-state index contributed by atoms with van der Waals surface area (Å²) in [6.45, 7) is 1.85. The lowest BCUT2D eigenvalue weighted by Crippen LogP contribution is -2.57. The lowest BCUT2D eigenvalue weighted by molar-refractivity contribution is 0.0416. The van der Waals surface area contributed by atoms with Crippen molar-refractivity contribution in [3.63, 3.8) is 0 Å². The molecular formula is C17H18ClN3O2. The fraction of sp³-hybridized carbons (Fsp3) is 0.412. The highest BCUT2D eigenvalue weighted by molar-refractivity contribution is 6.35. The SMILES string of the molecule is O/N=C1/C2CCN(CC2)C1C(O)c1ccnc2c(Cl)cccc12. The smallest absolute Gasteiger partial charge is 0.101 e. The number of hydrogen-bond donors (Lipinski definition) is 2. The summed E-state index contributed by atoms with van der Waals surface area (Å²) < 4.78 is 0. The molecule has 2 atom stereocenters. The van der Waals surface area contributed by atoms with Gasteiger partial charge in [0.05, 0.1) is 22.3 Å². The van der Waals surface area contributed by atoms with E-state index in [4.69, 9.17) is 11.6 Å². The normalized spacial score (nSPS) is 30.0. The van der Waals surface area contributed by atoms with Crippen LogP contribution in [-0.4, -0.2) is 45.0 Å². The van der Waals surface area contributed by atoms with E-state index in [-0.39, 0.29) is 12.0 Å². The van der Waals surface area contributed by atoms with Crippen LogP contribution in [0.1, 0.15) is 24.5 Å². The molecule has 1 aromatic heterocycles. The second-order valence-electron chi connectivity index (χ2n) is 6.26. The fourth-order valence-electron chi connectivity index (χ4n) is 3.99. The lowest BCUT2D eigenvalue weighted by Gasteiger charge is -2.47. The highest BCUT2D eigenvalue weighted by atomic mass is 35.5. The van der Waals surface area contributed by atoms with E-state index in [0.717, 1.165) is 36.9 Å². The van der Waals surface area contributed by atoms with E-state index in [2.05, 4.69) is 15.0 Å². The first-order chi connectivity index (χ1) is 11.2. The van der Waals surface area contributed by atoms with Gasteiger partial charge in [-0.2, -0.15) is 0 Å². The molecule has 0 radical (unpaired) electrons. The largest absolute Gasteiger partial charge is 0.411 e. The molecular weight excluding hydrogens is 314 g/mol. The Morgan fingerprint density at radius 3 is 2.78 bits per heavy atom. The van der Waals surface area contributed by atoms with Crippen LogP contribution < -0.4 is 0 Å². The fourth-order valence-corrected chi connectivity index (χ4v) is 4.22. The maximum Gasteiger partial charge on any atom is 0.101 e. The minimum atomic E-state index is -0.770. The van der Waals surface area contributed by atoms with Crippen molar-refractivity contribution in [2.45, 2.75) is 25.0 Å². The van der Waals surface area contributed by atoms with Crippen molar-refractivity contribution in [2.75, 3.05) is 13.1 Å². The summed E-state index contributed by atoms with van der Waals surface area (Å²) in [6, 6.07) is 7.11. The topological polar surface area (TPSA) is 69.0 Å². The summed E-state index contributed by atoms with van der Waals surface area (Å²) in [4.78, 5) is 6.52. The standard InChI is InChI=1S/C17H18ClN3O2/c18-13-3-1-2-11-12(4-7-19-15(11)13)17(22)16-14(20-23)10-5-8-21(16)9-6-10/h1-4,7,10,16-17,22-23H,5-6,8-9H2/b20-14-. The summed E-state index contributed by atoms with van der Waals surface area (Å²) in [7, 11) is 0. The molecule has 3 aliphatic heterocycles. The molecule has 2 N–H and O–H groups in total. The average Bonchev–Trinajstić information content (AvgIpc) is 2.61. The van der Waals surface area contributed by atoms with E-state index >= 15 is 0 Å². The predicted molar refractivity (Wildman–Crippen MR) is 89.0 cm³/mol. The maximum atomic E-state index is 11.1. The van der Waals surface area contributed by atoms with Gasteiger partial charge in [-0.05, 0) is 43.6 Å². The van der Waals surface area contributed by atoms with Crippen LogP contribution in [0.15, 0.2) is 35.6 Å². The van der Waals surface area contributed by atoms with Crippen LogP contribution in [0, 0.1) is 5.92 Å². The number of piperidine rings is 3. The number of hydrogen-bond acceptors (Lipinski definition) is 5. The van der Waals surface area contributed by atoms with Crippen molar-refractivity contribution in [3.8, 4) is 0 Å². The van der Waals surface area contributed by atoms with Crippen LogP contribution in [0.2, 0.25) is 5.02 Å². The molecule has 3 aliphatic rings. The number of pyridine rings is 1. The zero-order valence-corrected chi connectivity index (χ0v) is 13.3. The zero-order chi connectivity index (χ0) is 16.0. The molecule has 3 saturated heterocycles. The Morgan fingerprint density at radius 1 is 1.26 bits per heavy atom. The monoisotopic (exact) mass is 331 g/mol. The third-order valence-corrected chi connectivity index (χ3v) is 5.44. The van der Waals surface area contributed by atoms with Crippen LogP contribution in [0.4, 0.5) is 0 Å². The van der Waals surface area contributed by atoms with Gasteiger partial charge in [0.2, 0.25) is 0 Å². The predicted octanol–water partition coefficient (Wildman–Crippen LogP) is 2.85. The van der Waals surface area contributed by atoms with Gasteiger partial charge in [-0.1, -0.05) is 28.9 Å². The molecule has 0 amide bonds. The van der Waals surface area contributed by atoms with Gasteiger partial charge in [0, 0.05) is 17.5 Å². The van der Waals surface area contributed by atoms with Gasteiger partial charge in [0.15, 0.2) is 0 Å². The Morgan fingerprint density at radius 2 is 2.04 bits per heavy atom. The first-order valence-corrected chi connectivity index (χ1v) is 8.25. The number of benzene rings is 1.